The number of aliphatic hydroxyl groups is 1. The summed E-state index contributed by atoms with van der Waals surface area (Å²) in [6.07, 6.45) is -2.59. The Hall–Kier alpha value is 0.315. The fourth-order valence-electron chi connectivity index (χ4n) is 0.691. The Labute approximate surface area is 151 Å². The van der Waals surface area contributed by atoms with Gasteiger partial charge in [0.15, 0.2) is 5.60 Å². The molecule has 0 spiro atoms. The fraction of sp³-hybridized carbons (Fsp3) is 0.500. The largest absolute Gasteiger partial charge is 1.00 e. The standard InChI is InChI=1S/C6H8O7.BH3O3.2Na/c7-3(8)1-6(13,5(11)12)2-4(9)10;2-1(3)4;;/h13H,1-2H2,(H,7,8)(H,9,10)(H,11,12);2-4H;;/q;;2*+1/p-2. The van der Waals surface area contributed by atoms with Gasteiger partial charge in [-0.05, 0) is 0 Å². The zero-order valence-electron chi connectivity index (χ0n) is 10.3. The SMILES string of the molecule is O=C([O-])CC(O)(CC(=O)[O-])C(=O)O.OB(O)O.[Na+].[Na+]. The predicted molar refractivity (Wildman–Crippen MR) is 44.2 cm³/mol. The molecule has 5 N–H and O–H groups in total. The van der Waals surface area contributed by atoms with Crippen molar-refractivity contribution in [1.29, 1.82) is 0 Å². The van der Waals surface area contributed by atoms with E-state index in [0.717, 1.165) is 0 Å². The summed E-state index contributed by atoms with van der Waals surface area (Å²) in [6, 6.07) is 0. The van der Waals surface area contributed by atoms with Crippen LogP contribution in [0.4, 0.5) is 0 Å². The second kappa shape index (κ2) is 13.3. The zero-order valence-corrected chi connectivity index (χ0v) is 14.3. The Kier molecular flexibility index (Phi) is 19.3. The number of hydrogen-bond acceptors (Lipinski definition) is 9. The van der Waals surface area contributed by atoms with Gasteiger partial charge in [-0.2, -0.15) is 0 Å². The molecule has 0 aliphatic rings. The van der Waals surface area contributed by atoms with Crippen molar-refractivity contribution in [3.8, 4) is 0 Å². The fourth-order valence-corrected chi connectivity index (χ4v) is 0.691. The maximum atomic E-state index is 10.3. The van der Waals surface area contributed by atoms with Gasteiger partial charge in [0.05, 0.1) is 0 Å². The van der Waals surface area contributed by atoms with E-state index in [1.165, 1.54) is 0 Å². The molecule has 0 saturated heterocycles. The molecule has 0 aliphatic carbocycles. The molecule has 0 aromatic heterocycles. The second-order valence-corrected chi connectivity index (χ2v) is 2.78. The van der Waals surface area contributed by atoms with Crippen LogP contribution in [0, 0.1) is 0 Å². The number of carboxylic acids is 3. The average Bonchev–Trinajstić information content (AvgIpc) is 1.98. The number of hydrogen-bond donors (Lipinski definition) is 5. The molecule has 0 rings (SSSR count). The van der Waals surface area contributed by atoms with E-state index in [1.54, 1.807) is 0 Å². The van der Waals surface area contributed by atoms with Crippen LogP contribution in [0.2, 0.25) is 0 Å². The molecule has 0 heterocycles. The first-order valence-electron chi connectivity index (χ1n) is 3.91. The number of aliphatic carboxylic acids is 3. The Morgan fingerprint density at radius 1 is 0.947 bits per heavy atom. The molecule has 19 heavy (non-hydrogen) atoms. The number of rotatable bonds is 5. The Morgan fingerprint density at radius 2 is 1.16 bits per heavy atom. The third-order valence-electron chi connectivity index (χ3n) is 1.27. The number of carbonyl (C=O) groups excluding carboxylic acids is 2. The normalized spacial score (nSPS) is 8.84. The molecule has 0 aromatic carbocycles. The van der Waals surface area contributed by atoms with Crippen molar-refractivity contribution >= 4 is 25.2 Å². The smallest absolute Gasteiger partial charge is 0.550 e. The van der Waals surface area contributed by atoms with E-state index < -0.39 is 43.7 Å². The molecule has 0 unspecified atom stereocenters. The van der Waals surface area contributed by atoms with Crippen molar-refractivity contribution < 1.29 is 109 Å². The van der Waals surface area contributed by atoms with Crippen LogP contribution in [0.5, 0.6) is 0 Å². The van der Waals surface area contributed by atoms with E-state index in [9.17, 15) is 24.6 Å². The summed E-state index contributed by atoms with van der Waals surface area (Å²) in [6.45, 7) is 0. The van der Waals surface area contributed by atoms with Crippen LogP contribution >= 0.6 is 0 Å². The van der Waals surface area contributed by atoms with Gasteiger partial charge in [0.2, 0.25) is 0 Å². The summed E-state index contributed by atoms with van der Waals surface area (Å²) < 4.78 is 0. The minimum atomic E-state index is -2.86. The topological polar surface area (TPSA) is 198 Å². The van der Waals surface area contributed by atoms with Crippen LogP contribution in [0.1, 0.15) is 12.8 Å². The van der Waals surface area contributed by atoms with Crippen molar-refractivity contribution in [2.75, 3.05) is 0 Å². The molecule has 0 atom stereocenters. The number of carbonyl (C=O) groups is 3. The summed E-state index contributed by atoms with van der Waals surface area (Å²) in [5, 5.41) is 58.7. The molecule has 98 valence electrons. The molecule has 10 nitrogen and oxygen atoms in total. The van der Waals surface area contributed by atoms with Gasteiger partial charge in [-0.1, -0.05) is 0 Å². The van der Waals surface area contributed by atoms with Gasteiger partial charge in [-0.25, -0.2) is 4.79 Å². The van der Waals surface area contributed by atoms with Crippen molar-refractivity contribution in [2.45, 2.75) is 18.4 Å². The van der Waals surface area contributed by atoms with E-state index in [-0.39, 0.29) is 59.1 Å². The molecule has 0 aromatic rings. The van der Waals surface area contributed by atoms with E-state index >= 15 is 0 Å². The van der Waals surface area contributed by atoms with Crippen LogP contribution < -0.4 is 69.3 Å². The van der Waals surface area contributed by atoms with E-state index in [4.69, 9.17) is 25.3 Å². The van der Waals surface area contributed by atoms with Crippen LogP contribution in [0.15, 0.2) is 0 Å². The van der Waals surface area contributed by atoms with E-state index in [2.05, 4.69) is 0 Å². The third-order valence-corrected chi connectivity index (χ3v) is 1.27. The molecule has 0 fully saturated rings. The Morgan fingerprint density at radius 3 is 1.26 bits per heavy atom. The van der Waals surface area contributed by atoms with Crippen LogP contribution in [0.3, 0.4) is 0 Å². The van der Waals surface area contributed by atoms with Crippen LogP contribution in [0.25, 0.3) is 0 Å². The van der Waals surface area contributed by atoms with Gasteiger partial charge >= 0.3 is 72.4 Å². The quantitative estimate of drug-likeness (QED) is 0.303. The van der Waals surface area contributed by atoms with Crippen molar-refractivity contribution in [2.24, 2.45) is 0 Å². The molecule has 0 aliphatic heterocycles. The maximum Gasteiger partial charge on any atom is 1.00 e. The molecule has 0 saturated carbocycles. The van der Waals surface area contributed by atoms with Gasteiger partial charge in [0, 0.05) is 24.8 Å². The summed E-state index contributed by atoms with van der Waals surface area (Å²) in [7, 11) is -2.17. The minimum absolute atomic E-state index is 0. The van der Waals surface area contributed by atoms with Gasteiger partial charge in [-0.15, -0.1) is 0 Å². The molecule has 13 heteroatoms. The Bertz CT molecular complexity index is 277. The Balaban J connectivity index is -0.000000165. The van der Waals surface area contributed by atoms with Gasteiger partial charge < -0.3 is 45.1 Å². The van der Waals surface area contributed by atoms with Gasteiger partial charge in [0.1, 0.15) is 0 Å². The summed E-state index contributed by atoms with van der Waals surface area (Å²) in [5.41, 5.74) is -2.86. The van der Waals surface area contributed by atoms with Gasteiger partial charge in [-0.3, -0.25) is 0 Å². The summed E-state index contributed by atoms with van der Waals surface area (Å²) in [4.78, 5) is 30.2. The average molecular weight is 298 g/mol. The maximum absolute atomic E-state index is 10.3. The van der Waals surface area contributed by atoms with Crippen LogP contribution in [-0.2, 0) is 14.4 Å². The van der Waals surface area contributed by atoms with Crippen molar-refractivity contribution in [1.82, 2.24) is 0 Å². The molecular formula is C6H9BNa2O10. The molecule has 0 amide bonds. The molecule has 0 bridgehead atoms. The molecular weight excluding hydrogens is 289 g/mol. The monoisotopic (exact) mass is 298 g/mol. The predicted octanol–water partition coefficient (Wildman–Crippen LogP) is -12.0. The van der Waals surface area contributed by atoms with Crippen molar-refractivity contribution in [3.05, 3.63) is 0 Å². The van der Waals surface area contributed by atoms with Crippen LogP contribution in [-0.4, -0.2) is 56.1 Å². The van der Waals surface area contributed by atoms with E-state index in [1.807, 2.05) is 0 Å². The van der Waals surface area contributed by atoms with E-state index in [0.29, 0.717) is 0 Å². The number of carboxylic acid groups (broad SMARTS) is 3. The third kappa shape index (κ3) is 18.3. The summed E-state index contributed by atoms with van der Waals surface area (Å²) >= 11 is 0. The first-order valence-corrected chi connectivity index (χ1v) is 3.91. The van der Waals surface area contributed by atoms with Gasteiger partial charge in [0.25, 0.3) is 0 Å². The summed E-state index contributed by atoms with van der Waals surface area (Å²) in [5.74, 6) is -5.65. The van der Waals surface area contributed by atoms with Crippen molar-refractivity contribution in [3.63, 3.8) is 0 Å². The first kappa shape index (κ1) is 27.6. The zero-order chi connectivity index (χ0) is 14.2. The minimum Gasteiger partial charge on any atom is -0.550 e. The molecule has 0 radical (unpaired) electrons. The second-order valence-electron chi connectivity index (χ2n) is 2.78. The first-order chi connectivity index (χ1) is 7.51.